The van der Waals surface area contributed by atoms with Crippen LogP contribution in [0.3, 0.4) is 0 Å². The lowest BCUT2D eigenvalue weighted by Gasteiger charge is -2.42. The van der Waals surface area contributed by atoms with E-state index >= 15 is 0 Å². The molecule has 1 fully saturated rings. The highest BCUT2D eigenvalue weighted by molar-refractivity contribution is 5.97. The second kappa shape index (κ2) is 13.7. The molecule has 1 aromatic carbocycles. The van der Waals surface area contributed by atoms with E-state index in [4.69, 9.17) is 4.99 Å². The van der Waals surface area contributed by atoms with Gasteiger partial charge in [0.05, 0.1) is 12.9 Å². The van der Waals surface area contributed by atoms with Crippen LogP contribution in [0.25, 0.3) is 11.3 Å². The second-order valence-electron chi connectivity index (χ2n) is 10.5. The number of piperidine rings is 1. The van der Waals surface area contributed by atoms with Gasteiger partial charge in [-0.2, -0.15) is 0 Å². The molecule has 0 saturated carbocycles. The van der Waals surface area contributed by atoms with Gasteiger partial charge in [-0.3, -0.25) is 4.39 Å². The molecule has 0 atom stereocenters. The van der Waals surface area contributed by atoms with Crippen LogP contribution in [0.15, 0.2) is 42.5 Å². The number of allylic oxidation sites excluding steroid dienone is 1. The van der Waals surface area contributed by atoms with Gasteiger partial charge >= 0.3 is 0 Å². The molecule has 8 heteroatoms. The Morgan fingerprint density at radius 3 is 2.31 bits per heavy atom. The summed E-state index contributed by atoms with van der Waals surface area (Å²) in [5.74, 6) is 1.49. The maximum absolute atomic E-state index is 13.8. The van der Waals surface area contributed by atoms with Crippen molar-refractivity contribution in [2.24, 2.45) is 10.4 Å². The average Bonchev–Trinajstić information content (AvgIpc) is 2.92. The minimum Gasteiger partial charge on any atom is -0.365 e. The first-order valence-electron chi connectivity index (χ1n) is 13.4. The Hall–Kier alpha value is -3.29. The van der Waals surface area contributed by atoms with Gasteiger partial charge in [0, 0.05) is 55.3 Å². The number of aromatic nitrogens is 1. The Morgan fingerprint density at radius 1 is 1.13 bits per heavy atom. The lowest BCUT2D eigenvalue weighted by molar-refractivity contribution is 0.151. The number of aliphatic imine (C=N–C) groups is 1. The normalized spacial score (nSPS) is 15.9. The summed E-state index contributed by atoms with van der Waals surface area (Å²) in [4.78, 5) is 13.7. The van der Waals surface area contributed by atoms with Gasteiger partial charge in [-0.1, -0.05) is 40.9 Å². The SMILES string of the molecule is C=C(C)c1cc(C)cnc1NCc1cc(C(F)F)cc2c1N=C(N1CCC(C)(C)CC1)N(C)C2=C.CC.CF. The van der Waals surface area contributed by atoms with Crippen LogP contribution in [-0.4, -0.2) is 48.1 Å². The zero-order valence-electron chi connectivity index (χ0n) is 24.8. The molecular formula is C31H44F3N5. The molecule has 1 saturated heterocycles. The van der Waals surface area contributed by atoms with Crippen molar-refractivity contribution in [3.8, 4) is 0 Å². The van der Waals surface area contributed by atoms with Gasteiger partial charge in [0.25, 0.3) is 6.43 Å². The predicted molar refractivity (Wildman–Crippen MR) is 159 cm³/mol. The van der Waals surface area contributed by atoms with Crippen LogP contribution in [0.5, 0.6) is 0 Å². The number of halogens is 3. The molecule has 1 aromatic heterocycles. The summed E-state index contributed by atoms with van der Waals surface area (Å²) < 4.78 is 37.2. The van der Waals surface area contributed by atoms with Crippen LogP contribution in [0.4, 0.5) is 24.7 Å². The lowest BCUT2D eigenvalue weighted by atomic mass is 9.83. The molecule has 3 heterocycles. The second-order valence-corrected chi connectivity index (χ2v) is 10.5. The number of fused-ring (bicyclic) bond motifs is 1. The first-order valence-corrected chi connectivity index (χ1v) is 13.4. The van der Waals surface area contributed by atoms with Crippen LogP contribution in [0.1, 0.15) is 81.7 Å². The Kier molecular flexibility index (Phi) is 11.2. The molecule has 0 spiro atoms. The molecule has 0 amide bonds. The smallest absolute Gasteiger partial charge is 0.263 e. The molecule has 2 aromatic rings. The first-order chi connectivity index (χ1) is 18.5. The van der Waals surface area contributed by atoms with E-state index in [1.165, 1.54) is 6.07 Å². The van der Waals surface area contributed by atoms with Crippen molar-refractivity contribution >= 4 is 28.7 Å². The van der Waals surface area contributed by atoms with Crippen molar-refractivity contribution in [1.29, 1.82) is 0 Å². The van der Waals surface area contributed by atoms with Crippen molar-refractivity contribution in [2.45, 2.75) is 67.4 Å². The maximum atomic E-state index is 13.8. The molecule has 0 radical (unpaired) electrons. The molecule has 0 aliphatic carbocycles. The summed E-state index contributed by atoms with van der Waals surface area (Å²) in [7, 11) is 2.41. The highest BCUT2D eigenvalue weighted by atomic mass is 19.3. The van der Waals surface area contributed by atoms with E-state index in [1.54, 1.807) is 12.3 Å². The van der Waals surface area contributed by atoms with E-state index in [1.807, 2.05) is 45.7 Å². The largest absolute Gasteiger partial charge is 0.365 e. The molecule has 5 nitrogen and oxygen atoms in total. The van der Waals surface area contributed by atoms with Crippen molar-refractivity contribution < 1.29 is 13.2 Å². The summed E-state index contributed by atoms with van der Waals surface area (Å²) in [5, 5.41) is 3.34. The molecule has 2 aliphatic heterocycles. The Labute approximate surface area is 232 Å². The third-order valence-electron chi connectivity index (χ3n) is 7.02. The number of aryl methyl sites for hydroxylation is 1. The zero-order chi connectivity index (χ0) is 29.5. The summed E-state index contributed by atoms with van der Waals surface area (Å²) in [6, 6.07) is 5.09. The average molecular weight is 544 g/mol. The Balaban J connectivity index is 0.00000127. The third kappa shape index (κ3) is 7.43. The number of anilines is 1. The highest BCUT2D eigenvalue weighted by Crippen LogP contribution is 2.40. The van der Waals surface area contributed by atoms with E-state index in [2.05, 4.69) is 42.2 Å². The molecule has 2 aliphatic rings. The Bertz CT molecular complexity index is 1190. The van der Waals surface area contributed by atoms with E-state index in [-0.39, 0.29) is 5.56 Å². The molecule has 0 bridgehead atoms. The molecule has 39 heavy (non-hydrogen) atoms. The van der Waals surface area contributed by atoms with Gasteiger partial charge in [-0.15, -0.1) is 0 Å². The number of hydrogen-bond donors (Lipinski definition) is 1. The standard InChI is InChI=1S/C28H35F2N5.C2H6.CH3F/c1-17(2)22-12-18(3)15-31-26(22)32-16-21-13-20(25(29)30)14-23-19(4)34(7)27(33-24(21)23)35-10-8-28(5,6)9-11-35;2*1-2/h12-15,25H,1,4,8-11,16H2,2-3,5-7H3,(H,31,32);1-2H3;1H3. The van der Waals surface area contributed by atoms with Gasteiger partial charge in [0.2, 0.25) is 5.96 Å². The molecule has 214 valence electrons. The number of alkyl halides is 3. The number of rotatable bonds is 5. The number of guanidine groups is 1. The van der Waals surface area contributed by atoms with Crippen LogP contribution >= 0.6 is 0 Å². The summed E-state index contributed by atoms with van der Waals surface area (Å²) >= 11 is 0. The van der Waals surface area contributed by atoms with Gasteiger partial charge in [-0.25, -0.2) is 18.8 Å². The predicted octanol–water partition coefficient (Wildman–Crippen LogP) is 8.61. The van der Waals surface area contributed by atoms with Crippen LogP contribution in [0, 0.1) is 12.3 Å². The fraction of sp³-hybridized carbons (Fsp3) is 0.484. The monoisotopic (exact) mass is 543 g/mol. The summed E-state index contributed by atoms with van der Waals surface area (Å²) in [6.07, 6.45) is 1.34. The van der Waals surface area contributed by atoms with Gasteiger partial charge in [-0.05, 0) is 67.0 Å². The quantitative estimate of drug-likeness (QED) is 0.410. The number of likely N-dealkylation sites (tertiary alicyclic amines) is 1. The summed E-state index contributed by atoms with van der Waals surface area (Å²) in [5.41, 5.74) is 5.79. The van der Waals surface area contributed by atoms with Crippen LogP contribution in [0.2, 0.25) is 0 Å². The van der Waals surface area contributed by atoms with Crippen molar-refractivity contribution in [3.05, 3.63) is 65.4 Å². The van der Waals surface area contributed by atoms with E-state index < -0.39 is 6.43 Å². The fourth-order valence-electron chi connectivity index (χ4n) is 4.62. The third-order valence-corrected chi connectivity index (χ3v) is 7.02. The number of nitrogens with zero attached hydrogens (tertiary/aromatic N) is 4. The first kappa shape index (κ1) is 31.9. The lowest BCUT2D eigenvalue weighted by Crippen LogP contribution is -2.47. The molecule has 4 rings (SSSR count). The zero-order valence-corrected chi connectivity index (χ0v) is 24.8. The minimum atomic E-state index is -2.59. The van der Waals surface area contributed by atoms with Gasteiger partial charge in [0.1, 0.15) is 5.82 Å². The van der Waals surface area contributed by atoms with Crippen molar-refractivity contribution in [2.75, 3.05) is 32.6 Å². The molecule has 0 unspecified atom stereocenters. The van der Waals surface area contributed by atoms with Crippen LogP contribution in [-0.2, 0) is 6.54 Å². The number of nitrogens with one attached hydrogen (secondary N) is 1. The van der Waals surface area contributed by atoms with Crippen molar-refractivity contribution in [1.82, 2.24) is 14.8 Å². The Morgan fingerprint density at radius 2 is 1.74 bits per heavy atom. The van der Waals surface area contributed by atoms with E-state index in [0.717, 1.165) is 48.6 Å². The minimum absolute atomic E-state index is 0.0366. The maximum Gasteiger partial charge on any atom is 0.263 e. The molecular weight excluding hydrogens is 499 g/mol. The highest BCUT2D eigenvalue weighted by Gasteiger charge is 2.32. The van der Waals surface area contributed by atoms with E-state index in [0.29, 0.717) is 47.5 Å². The number of hydrogen-bond acceptors (Lipinski definition) is 5. The molecule has 1 N–H and O–H groups in total. The van der Waals surface area contributed by atoms with Gasteiger partial charge < -0.3 is 15.1 Å². The van der Waals surface area contributed by atoms with E-state index in [9.17, 15) is 13.2 Å². The van der Waals surface area contributed by atoms with Gasteiger partial charge in [0.15, 0.2) is 0 Å². The number of pyridine rings is 1. The number of benzene rings is 1. The fourth-order valence-corrected chi connectivity index (χ4v) is 4.62. The topological polar surface area (TPSA) is 43.8 Å². The van der Waals surface area contributed by atoms with Crippen molar-refractivity contribution in [3.63, 3.8) is 0 Å². The van der Waals surface area contributed by atoms with Crippen LogP contribution < -0.4 is 5.32 Å². The summed E-state index contributed by atoms with van der Waals surface area (Å²) in [6.45, 7) is 22.9.